The van der Waals surface area contributed by atoms with Crippen molar-refractivity contribution in [3.63, 3.8) is 0 Å². The number of pyridine rings is 1. The largest absolute Gasteiger partial charge is 0.480 e. The van der Waals surface area contributed by atoms with Crippen LogP contribution in [0.3, 0.4) is 0 Å². The number of amides is 1. The second kappa shape index (κ2) is 7.36. The average molecular weight is 366 g/mol. The number of piperazine rings is 1. The maximum atomic E-state index is 12.8. The fraction of sp³-hybridized carbons (Fsp3) is 0.294. The zero-order chi connectivity index (χ0) is 18.6. The first-order valence-electron chi connectivity index (χ1n) is 8.46. The van der Waals surface area contributed by atoms with Crippen molar-refractivity contribution in [3.05, 3.63) is 48.9 Å². The standard InChI is InChI=1S/C17H18N8O2/c1-27-16-13(3-2-4-19-16)17(26)24-7-5-23(6-8-24)14-9-15(21-11-20-14)25-12-18-10-22-25/h2-4,9-12H,5-8H2,1H3. The maximum absolute atomic E-state index is 12.8. The molecule has 0 aliphatic carbocycles. The molecule has 4 rings (SSSR count). The number of anilines is 1. The van der Waals surface area contributed by atoms with Crippen molar-refractivity contribution in [2.24, 2.45) is 0 Å². The summed E-state index contributed by atoms with van der Waals surface area (Å²) in [4.78, 5) is 33.3. The van der Waals surface area contributed by atoms with Crippen molar-refractivity contribution >= 4 is 11.7 Å². The van der Waals surface area contributed by atoms with Gasteiger partial charge in [-0.1, -0.05) is 0 Å². The highest BCUT2D eigenvalue weighted by Crippen LogP contribution is 2.19. The third-order valence-corrected chi connectivity index (χ3v) is 4.38. The highest BCUT2D eigenvalue weighted by molar-refractivity contribution is 5.96. The van der Waals surface area contributed by atoms with E-state index in [1.54, 1.807) is 34.2 Å². The minimum Gasteiger partial charge on any atom is -0.480 e. The Kier molecular flexibility index (Phi) is 4.60. The molecular formula is C17H18N8O2. The van der Waals surface area contributed by atoms with Crippen LogP contribution in [0.5, 0.6) is 5.88 Å². The van der Waals surface area contributed by atoms with E-state index in [-0.39, 0.29) is 5.91 Å². The summed E-state index contributed by atoms with van der Waals surface area (Å²) < 4.78 is 6.78. The molecule has 0 radical (unpaired) electrons. The van der Waals surface area contributed by atoms with Gasteiger partial charge in [0, 0.05) is 38.4 Å². The van der Waals surface area contributed by atoms with Crippen LogP contribution in [0.2, 0.25) is 0 Å². The molecular weight excluding hydrogens is 348 g/mol. The van der Waals surface area contributed by atoms with Crippen LogP contribution in [0.1, 0.15) is 10.4 Å². The SMILES string of the molecule is COc1ncccc1C(=O)N1CCN(c2cc(-n3cncn3)ncn2)CC1. The minimum absolute atomic E-state index is 0.0782. The highest BCUT2D eigenvalue weighted by Gasteiger charge is 2.25. The number of methoxy groups -OCH3 is 1. The predicted octanol–water partition coefficient (Wildman–Crippen LogP) is 0.423. The van der Waals surface area contributed by atoms with Crippen LogP contribution >= 0.6 is 0 Å². The lowest BCUT2D eigenvalue weighted by Crippen LogP contribution is -2.49. The number of carbonyl (C=O) groups is 1. The maximum Gasteiger partial charge on any atom is 0.259 e. The zero-order valence-electron chi connectivity index (χ0n) is 14.8. The summed E-state index contributed by atoms with van der Waals surface area (Å²) in [5, 5.41) is 4.08. The van der Waals surface area contributed by atoms with Crippen molar-refractivity contribution in [1.82, 2.24) is 34.6 Å². The monoisotopic (exact) mass is 366 g/mol. The van der Waals surface area contributed by atoms with Crippen molar-refractivity contribution in [2.75, 3.05) is 38.2 Å². The summed E-state index contributed by atoms with van der Waals surface area (Å²) in [6.07, 6.45) is 6.16. The van der Waals surface area contributed by atoms with Crippen LogP contribution in [0.4, 0.5) is 5.82 Å². The molecule has 1 amide bonds. The van der Waals surface area contributed by atoms with Crippen molar-refractivity contribution in [3.8, 4) is 11.7 Å². The van der Waals surface area contributed by atoms with Crippen LogP contribution < -0.4 is 9.64 Å². The number of ether oxygens (including phenoxy) is 1. The first kappa shape index (κ1) is 16.9. The predicted molar refractivity (Wildman–Crippen MR) is 95.9 cm³/mol. The average Bonchev–Trinajstić information content (AvgIpc) is 3.28. The first-order chi connectivity index (χ1) is 13.3. The third-order valence-electron chi connectivity index (χ3n) is 4.38. The third kappa shape index (κ3) is 3.41. The van der Waals surface area contributed by atoms with Crippen molar-refractivity contribution < 1.29 is 9.53 Å². The van der Waals surface area contributed by atoms with Crippen LogP contribution in [-0.4, -0.2) is 73.8 Å². The van der Waals surface area contributed by atoms with E-state index in [0.29, 0.717) is 43.4 Å². The Balaban J connectivity index is 1.45. The summed E-state index contributed by atoms with van der Waals surface area (Å²) in [5.41, 5.74) is 0.476. The highest BCUT2D eigenvalue weighted by atomic mass is 16.5. The van der Waals surface area contributed by atoms with Crippen LogP contribution in [-0.2, 0) is 0 Å². The molecule has 1 saturated heterocycles. The van der Waals surface area contributed by atoms with Gasteiger partial charge in [-0.3, -0.25) is 4.79 Å². The number of hydrogen-bond acceptors (Lipinski definition) is 8. The lowest BCUT2D eigenvalue weighted by molar-refractivity contribution is 0.0742. The van der Waals surface area contributed by atoms with Gasteiger partial charge in [0.25, 0.3) is 5.91 Å². The van der Waals surface area contributed by atoms with E-state index in [4.69, 9.17) is 4.74 Å². The molecule has 138 valence electrons. The van der Waals surface area contributed by atoms with Gasteiger partial charge < -0.3 is 14.5 Å². The van der Waals surface area contributed by atoms with E-state index in [9.17, 15) is 4.79 Å². The Bertz CT molecular complexity index is 922. The smallest absolute Gasteiger partial charge is 0.259 e. The first-order valence-corrected chi connectivity index (χ1v) is 8.46. The van der Waals surface area contributed by atoms with Crippen molar-refractivity contribution in [1.29, 1.82) is 0 Å². The summed E-state index contributed by atoms with van der Waals surface area (Å²) in [5.74, 6) is 1.71. The van der Waals surface area contributed by atoms with Gasteiger partial charge in [0.15, 0.2) is 5.82 Å². The molecule has 3 aromatic heterocycles. The molecule has 27 heavy (non-hydrogen) atoms. The van der Waals surface area contributed by atoms with Gasteiger partial charge in [-0.25, -0.2) is 24.6 Å². The van der Waals surface area contributed by atoms with E-state index in [1.165, 1.54) is 19.8 Å². The molecule has 3 aromatic rings. The van der Waals surface area contributed by atoms with E-state index in [1.807, 2.05) is 6.07 Å². The molecule has 0 atom stereocenters. The molecule has 10 nitrogen and oxygen atoms in total. The topological polar surface area (TPSA) is 102 Å². The molecule has 1 fully saturated rings. The molecule has 0 spiro atoms. The molecule has 0 saturated carbocycles. The summed E-state index contributed by atoms with van der Waals surface area (Å²) >= 11 is 0. The Labute approximate surface area is 155 Å². The second-order valence-electron chi connectivity index (χ2n) is 5.91. The summed E-state index contributed by atoms with van der Waals surface area (Å²) in [6, 6.07) is 5.32. The van der Waals surface area contributed by atoms with E-state index in [0.717, 1.165) is 5.82 Å². The van der Waals surface area contributed by atoms with Gasteiger partial charge in [0.2, 0.25) is 5.88 Å². The zero-order valence-corrected chi connectivity index (χ0v) is 14.8. The lowest BCUT2D eigenvalue weighted by Gasteiger charge is -2.35. The molecule has 1 aliphatic rings. The van der Waals surface area contributed by atoms with Gasteiger partial charge in [-0.2, -0.15) is 5.10 Å². The Hall–Kier alpha value is -3.56. The molecule has 0 aromatic carbocycles. The second-order valence-corrected chi connectivity index (χ2v) is 5.91. The minimum atomic E-state index is -0.0782. The Morgan fingerprint density at radius 3 is 2.63 bits per heavy atom. The van der Waals surface area contributed by atoms with E-state index in [2.05, 4.69) is 29.9 Å². The number of carbonyl (C=O) groups excluding carboxylic acids is 1. The number of nitrogens with zero attached hydrogens (tertiary/aromatic N) is 8. The molecule has 0 N–H and O–H groups in total. The quantitative estimate of drug-likeness (QED) is 0.655. The van der Waals surface area contributed by atoms with Crippen LogP contribution in [0, 0.1) is 0 Å². The fourth-order valence-corrected chi connectivity index (χ4v) is 2.99. The Morgan fingerprint density at radius 2 is 1.89 bits per heavy atom. The fourth-order valence-electron chi connectivity index (χ4n) is 2.99. The summed E-state index contributed by atoms with van der Waals surface area (Å²) in [6.45, 7) is 2.50. The van der Waals surface area contributed by atoms with Gasteiger partial charge in [0.1, 0.15) is 30.4 Å². The number of rotatable bonds is 4. The summed E-state index contributed by atoms with van der Waals surface area (Å²) in [7, 11) is 1.51. The lowest BCUT2D eigenvalue weighted by atomic mass is 10.2. The van der Waals surface area contributed by atoms with Gasteiger partial charge in [-0.15, -0.1) is 0 Å². The molecule has 10 heteroatoms. The number of hydrogen-bond donors (Lipinski definition) is 0. The Morgan fingerprint density at radius 1 is 1.07 bits per heavy atom. The number of aromatic nitrogens is 6. The van der Waals surface area contributed by atoms with Gasteiger partial charge in [-0.05, 0) is 12.1 Å². The van der Waals surface area contributed by atoms with Crippen LogP contribution in [0.25, 0.3) is 5.82 Å². The molecule has 0 bridgehead atoms. The van der Waals surface area contributed by atoms with Gasteiger partial charge in [0.05, 0.1) is 7.11 Å². The normalized spacial score (nSPS) is 14.3. The van der Waals surface area contributed by atoms with Crippen LogP contribution in [0.15, 0.2) is 43.4 Å². The van der Waals surface area contributed by atoms with E-state index < -0.39 is 0 Å². The van der Waals surface area contributed by atoms with Gasteiger partial charge >= 0.3 is 0 Å². The van der Waals surface area contributed by atoms with E-state index >= 15 is 0 Å². The molecule has 1 aliphatic heterocycles. The van der Waals surface area contributed by atoms with Crippen molar-refractivity contribution in [2.45, 2.75) is 0 Å². The molecule has 0 unspecified atom stereocenters. The molecule has 4 heterocycles.